The van der Waals surface area contributed by atoms with Gasteiger partial charge in [0.15, 0.2) is 10.8 Å². The van der Waals surface area contributed by atoms with E-state index in [1.807, 2.05) is 19.1 Å². The first-order chi connectivity index (χ1) is 12.7. The Morgan fingerprint density at radius 3 is 2.56 bits per heavy atom. The summed E-state index contributed by atoms with van der Waals surface area (Å²) in [4.78, 5) is 0. The van der Waals surface area contributed by atoms with Crippen molar-refractivity contribution in [2.45, 2.75) is 50.8 Å². The third-order valence-corrected chi connectivity index (χ3v) is 5.52. The molecule has 0 aromatic heterocycles. The van der Waals surface area contributed by atoms with Crippen molar-refractivity contribution < 1.29 is 14.2 Å². The first-order valence-electron chi connectivity index (χ1n) is 9.05. The van der Waals surface area contributed by atoms with Crippen molar-refractivity contribution in [2.75, 3.05) is 0 Å². The van der Waals surface area contributed by atoms with Gasteiger partial charge in [0, 0.05) is 35.9 Å². The van der Waals surface area contributed by atoms with E-state index < -0.39 is 5.72 Å². The lowest BCUT2D eigenvalue weighted by Gasteiger charge is -2.50. The van der Waals surface area contributed by atoms with Gasteiger partial charge in [0.1, 0.15) is 17.3 Å². The lowest BCUT2D eigenvalue weighted by atomic mass is 9.76. The van der Waals surface area contributed by atoms with Crippen LogP contribution in [0.25, 0.3) is 0 Å². The summed E-state index contributed by atoms with van der Waals surface area (Å²) in [6.07, 6.45) is 1.34. The Morgan fingerprint density at radius 1 is 1.19 bits per heavy atom. The minimum atomic E-state index is -0.696. The molecule has 1 saturated heterocycles. The number of benzene rings is 2. The summed E-state index contributed by atoms with van der Waals surface area (Å²) in [6.45, 7) is 6.13. The number of thiocarbonyl (C=S) groups is 1. The molecule has 4 rings (SSSR count). The number of aryl methyl sites for hydroxylation is 1. The van der Waals surface area contributed by atoms with E-state index in [4.69, 9.17) is 17.0 Å². The average Bonchev–Trinajstić information content (AvgIpc) is 2.51. The second-order valence-corrected chi connectivity index (χ2v) is 8.63. The van der Waals surface area contributed by atoms with Crippen molar-refractivity contribution in [3.8, 4) is 11.5 Å². The Kier molecular flexibility index (Phi) is 4.07. The first kappa shape index (κ1) is 18.0. The second-order valence-electron chi connectivity index (χ2n) is 8.22. The fourth-order valence-corrected chi connectivity index (χ4v) is 4.94. The van der Waals surface area contributed by atoms with E-state index in [0.29, 0.717) is 23.7 Å². The van der Waals surface area contributed by atoms with E-state index in [1.165, 1.54) is 12.1 Å². The van der Waals surface area contributed by atoms with Crippen molar-refractivity contribution in [3.63, 3.8) is 0 Å². The van der Waals surface area contributed by atoms with Crippen LogP contribution >= 0.6 is 12.2 Å². The number of nitrogens with one attached hydrogen (secondary N) is 2. The smallest absolute Gasteiger partial charge is 0.185 e. The molecule has 0 unspecified atom stereocenters. The molecular formula is C21H23FN2O2S. The number of rotatable bonds is 1. The summed E-state index contributed by atoms with van der Waals surface area (Å²) in [5.74, 6) is 0.544. The number of ether oxygens (including phenoxy) is 1. The van der Waals surface area contributed by atoms with Crippen molar-refractivity contribution in [1.29, 1.82) is 0 Å². The van der Waals surface area contributed by atoms with Crippen molar-refractivity contribution in [3.05, 3.63) is 58.9 Å². The minimum absolute atomic E-state index is 0.000787. The number of halogens is 1. The highest BCUT2D eigenvalue weighted by Gasteiger charge is 2.49. The van der Waals surface area contributed by atoms with Gasteiger partial charge in [-0.25, -0.2) is 4.39 Å². The van der Waals surface area contributed by atoms with E-state index in [0.717, 1.165) is 16.7 Å². The summed E-state index contributed by atoms with van der Waals surface area (Å²) in [5.41, 5.74) is 2.05. The molecule has 1 spiro atoms. The van der Waals surface area contributed by atoms with Gasteiger partial charge < -0.3 is 20.5 Å². The molecule has 0 radical (unpaired) electrons. The van der Waals surface area contributed by atoms with Crippen LogP contribution in [0.15, 0.2) is 36.4 Å². The Hall–Kier alpha value is -2.34. The standard InChI is InChI=1S/C21H23FN2O2S/c1-12-8-15(25)9-17-18(12)16(13-4-6-14(22)7-5-13)10-21(26-17)11-20(2,3)23-19(27)24-21/h4-9,16,25H,10-11H2,1-3H3,(H2,23,24,27)/t16-,21-/m1/s1. The van der Waals surface area contributed by atoms with E-state index in [2.05, 4.69) is 24.5 Å². The number of hydrogen-bond donors (Lipinski definition) is 3. The van der Waals surface area contributed by atoms with Crippen molar-refractivity contribution in [1.82, 2.24) is 10.6 Å². The van der Waals surface area contributed by atoms with Crippen LogP contribution in [-0.2, 0) is 0 Å². The van der Waals surface area contributed by atoms with Crippen LogP contribution in [0.5, 0.6) is 11.5 Å². The monoisotopic (exact) mass is 386 g/mol. The van der Waals surface area contributed by atoms with Crippen LogP contribution in [0.1, 0.15) is 49.3 Å². The zero-order valence-corrected chi connectivity index (χ0v) is 16.4. The van der Waals surface area contributed by atoms with Crippen molar-refractivity contribution >= 4 is 17.3 Å². The van der Waals surface area contributed by atoms with Gasteiger partial charge >= 0.3 is 0 Å². The van der Waals surface area contributed by atoms with Crippen LogP contribution in [-0.4, -0.2) is 21.5 Å². The fraction of sp³-hybridized carbons (Fsp3) is 0.381. The molecule has 6 heteroatoms. The van der Waals surface area contributed by atoms with Gasteiger partial charge in [-0.1, -0.05) is 12.1 Å². The van der Waals surface area contributed by atoms with Crippen LogP contribution in [0, 0.1) is 12.7 Å². The fourth-order valence-electron chi connectivity index (χ4n) is 4.47. The first-order valence-corrected chi connectivity index (χ1v) is 9.46. The number of fused-ring (bicyclic) bond motifs is 1. The third kappa shape index (κ3) is 3.34. The molecule has 0 aliphatic carbocycles. The molecule has 2 aromatic rings. The molecule has 0 bridgehead atoms. The Bertz CT molecular complexity index is 913. The maximum absolute atomic E-state index is 13.5. The molecule has 2 aliphatic heterocycles. The van der Waals surface area contributed by atoms with Crippen LogP contribution < -0.4 is 15.4 Å². The average molecular weight is 386 g/mol. The molecule has 2 atom stereocenters. The van der Waals surface area contributed by atoms with Gasteiger partial charge in [0.05, 0.1) is 0 Å². The van der Waals surface area contributed by atoms with Gasteiger partial charge in [-0.15, -0.1) is 0 Å². The van der Waals surface area contributed by atoms with Gasteiger partial charge in [-0.3, -0.25) is 0 Å². The molecule has 2 aliphatic rings. The minimum Gasteiger partial charge on any atom is -0.508 e. The van der Waals surface area contributed by atoms with Crippen molar-refractivity contribution in [2.24, 2.45) is 0 Å². The lowest BCUT2D eigenvalue weighted by molar-refractivity contribution is -0.0130. The molecule has 0 amide bonds. The SMILES string of the molecule is Cc1cc(O)cc2c1[C@@H](c1ccc(F)cc1)C[C@]1(CC(C)(C)NC(=S)N1)O2. The topological polar surface area (TPSA) is 53.5 Å². The van der Waals surface area contributed by atoms with Gasteiger partial charge in [0.25, 0.3) is 0 Å². The maximum atomic E-state index is 13.5. The highest BCUT2D eigenvalue weighted by molar-refractivity contribution is 7.80. The van der Waals surface area contributed by atoms with E-state index in [-0.39, 0.29) is 23.0 Å². The summed E-state index contributed by atoms with van der Waals surface area (Å²) in [5, 5.41) is 17.3. The number of aromatic hydroxyl groups is 1. The maximum Gasteiger partial charge on any atom is 0.185 e. The Morgan fingerprint density at radius 2 is 1.89 bits per heavy atom. The van der Waals surface area contributed by atoms with Gasteiger partial charge in [0.2, 0.25) is 0 Å². The predicted molar refractivity (Wildman–Crippen MR) is 107 cm³/mol. The van der Waals surface area contributed by atoms with Crippen LogP contribution in [0.3, 0.4) is 0 Å². The number of phenols is 1. The number of phenolic OH excluding ortho intramolecular Hbond substituents is 1. The Balaban J connectivity index is 1.85. The van der Waals surface area contributed by atoms with Crippen LogP contribution in [0.4, 0.5) is 4.39 Å². The zero-order chi connectivity index (χ0) is 19.4. The van der Waals surface area contributed by atoms with E-state index in [1.54, 1.807) is 12.1 Å². The molecule has 3 N–H and O–H groups in total. The zero-order valence-electron chi connectivity index (χ0n) is 15.6. The molecule has 0 saturated carbocycles. The molecule has 27 heavy (non-hydrogen) atoms. The van der Waals surface area contributed by atoms with Gasteiger partial charge in [-0.05, 0) is 62.3 Å². The molecule has 1 fully saturated rings. The summed E-state index contributed by atoms with van der Waals surface area (Å²) < 4.78 is 19.9. The van der Waals surface area contributed by atoms with Crippen LogP contribution in [0.2, 0.25) is 0 Å². The summed E-state index contributed by atoms with van der Waals surface area (Å²) >= 11 is 5.43. The molecule has 2 aromatic carbocycles. The van der Waals surface area contributed by atoms with E-state index >= 15 is 0 Å². The lowest BCUT2D eigenvalue weighted by Crippen LogP contribution is -2.69. The quantitative estimate of drug-likeness (QED) is 0.645. The molecule has 142 valence electrons. The number of hydrogen-bond acceptors (Lipinski definition) is 3. The molecular weight excluding hydrogens is 363 g/mol. The summed E-state index contributed by atoms with van der Waals surface area (Å²) in [7, 11) is 0. The molecule has 4 nitrogen and oxygen atoms in total. The highest BCUT2D eigenvalue weighted by atomic mass is 32.1. The predicted octanol–water partition coefficient (Wildman–Crippen LogP) is 4.10. The summed E-state index contributed by atoms with van der Waals surface area (Å²) in [6, 6.07) is 9.99. The van der Waals surface area contributed by atoms with E-state index in [9.17, 15) is 9.50 Å². The normalized spacial score (nSPS) is 25.9. The second kappa shape index (κ2) is 6.09. The Labute approximate surface area is 163 Å². The largest absolute Gasteiger partial charge is 0.508 e. The third-order valence-electron chi connectivity index (χ3n) is 5.31. The highest BCUT2D eigenvalue weighted by Crippen LogP contribution is 2.49. The van der Waals surface area contributed by atoms with Gasteiger partial charge in [-0.2, -0.15) is 0 Å². The molecule has 2 heterocycles.